The quantitative estimate of drug-likeness (QED) is 0.576. The van der Waals surface area contributed by atoms with Crippen molar-refractivity contribution < 1.29 is 13.9 Å². The Hall–Kier alpha value is -1.26. The molecule has 4 heteroatoms. The van der Waals surface area contributed by atoms with E-state index in [2.05, 4.69) is 11.9 Å². The van der Waals surface area contributed by atoms with E-state index >= 15 is 0 Å². The van der Waals surface area contributed by atoms with Gasteiger partial charge in [0.25, 0.3) is 0 Å². The molecule has 0 amide bonds. The van der Waals surface area contributed by atoms with E-state index < -0.39 is 17.7 Å². The third-order valence-corrected chi connectivity index (χ3v) is 2.18. The molecule has 0 spiro atoms. The van der Waals surface area contributed by atoms with Crippen molar-refractivity contribution in [2.45, 2.75) is 12.5 Å². The first-order valence-corrected chi connectivity index (χ1v) is 5.09. The first-order chi connectivity index (χ1) is 7.65. The van der Waals surface area contributed by atoms with E-state index in [-0.39, 0.29) is 12.1 Å². The highest BCUT2D eigenvalue weighted by atomic mass is 19.1. The van der Waals surface area contributed by atoms with E-state index in [4.69, 9.17) is 0 Å². The maximum Gasteiger partial charge on any atom is 0.131 e. The second-order valence-electron chi connectivity index (χ2n) is 3.46. The molecule has 1 rings (SSSR count). The molecule has 2 N–H and O–H groups in total. The maximum atomic E-state index is 13.2. The van der Waals surface area contributed by atoms with E-state index in [1.165, 1.54) is 6.07 Å². The van der Waals surface area contributed by atoms with Crippen LogP contribution in [0.2, 0.25) is 0 Å². The summed E-state index contributed by atoms with van der Waals surface area (Å²) < 4.78 is 25.8. The largest absolute Gasteiger partial charge is 0.387 e. The average Bonchev–Trinajstić information content (AvgIpc) is 2.24. The summed E-state index contributed by atoms with van der Waals surface area (Å²) in [4.78, 5) is 0. The van der Waals surface area contributed by atoms with Crippen LogP contribution >= 0.6 is 0 Å². The monoisotopic (exact) mass is 227 g/mol. The van der Waals surface area contributed by atoms with Crippen LogP contribution in [0.1, 0.15) is 18.1 Å². The lowest BCUT2D eigenvalue weighted by atomic mass is 10.1. The Balaban J connectivity index is 2.52. The van der Waals surface area contributed by atoms with E-state index in [9.17, 15) is 13.9 Å². The number of nitrogens with one attached hydrogen (secondary N) is 1. The second-order valence-corrected chi connectivity index (χ2v) is 3.46. The molecule has 0 aromatic heterocycles. The Morgan fingerprint density at radius 1 is 1.44 bits per heavy atom. The van der Waals surface area contributed by atoms with E-state index in [1.807, 2.05) is 0 Å². The van der Waals surface area contributed by atoms with Crippen molar-refractivity contribution in [1.82, 2.24) is 5.32 Å². The Labute approximate surface area is 93.6 Å². The first kappa shape index (κ1) is 12.8. The molecule has 1 aromatic carbocycles. The Morgan fingerprint density at radius 2 is 2.19 bits per heavy atom. The fraction of sp³-hybridized carbons (Fsp3) is 0.333. The molecule has 1 unspecified atom stereocenters. The Morgan fingerprint density at radius 3 is 2.81 bits per heavy atom. The maximum absolute atomic E-state index is 13.2. The molecule has 0 aliphatic heterocycles. The molecule has 1 atom stereocenters. The van der Waals surface area contributed by atoms with Gasteiger partial charge in [-0.15, -0.1) is 6.58 Å². The van der Waals surface area contributed by atoms with Crippen molar-refractivity contribution in [3.05, 3.63) is 48.1 Å². The number of halogens is 2. The molecule has 16 heavy (non-hydrogen) atoms. The molecule has 2 nitrogen and oxygen atoms in total. The summed E-state index contributed by atoms with van der Waals surface area (Å²) in [5, 5.41) is 12.6. The van der Waals surface area contributed by atoms with Gasteiger partial charge in [0.2, 0.25) is 0 Å². The van der Waals surface area contributed by atoms with Gasteiger partial charge in [0.05, 0.1) is 6.10 Å². The number of rotatable bonds is 6. The Kier molecular flexibility index (Phi) is 5.08. The van der Waals surface area contributed by atoms with Crippen LogP contribution in [-0.4, -0.2) is 18.2 Å². The normalized spacial score (nSPS) is 12.4. The van der Waals surface area contributed by atoms with E-state index in [1.54, 1.807) is 6.08 Å². The van der Waals surface area contributed by atoms with Crippen molar-refractivity contribution in [2.24, 2.45) is 0 Å². The van der Waals surface area contributed by atoms with Crippen LogP contribution in [0, 0.1) is 11.6 Å². The van der Waals surface area contributed by atoms with Crippen molar-refractivity contribution in [1.29, 1.82) is 0 Å². The van der Waals surface area contributed by atoms with Gasteiger partial charge in [-0.05, 0) is 19.0 Å². The molecule has 0 saturated carbocycles. The standard InChI is InChI=1S/C12H15F2NO/c1-2-3-6-15-8-12(16)10-5-4-9(13)7-11(10)14/h2,4-5,7,12,15-16H,1,3,6,8H2. The smallest absolute Gasteiger partial charge is 0.131 e. The number of aliphatic hydroxyl groups is 1. The van der Waals surface area contributed by atoms with E-state index in [0.29, 0.717) is 6.54 Å². The lowest BCUT2D eigenvalue weighted by Crippen LogP contribution is -2.22. The van der Waals surface area contributed by atoms with Crippen LogP contribution < -0.4 is 5.32 Å². The highest BCUT2D eigenvalue weighted by Gasteiger charge is 2.12. The van der Waals surface area contributed by atoms with Gasteiger partial charge in [0.15, 0.2) is 0 Å². The number of aliphatic hydroxyl groups excluding tert-OH is 1. The molecule has 0 aliphatic rings. The molecule has 0 heterocycles. The summed E-state index contributed by atoms with van der Waals surface area (Å²) >= 11 is 0. The molecule has 0 radical (unpaired) electrons. The highest BCUT2D eigenvalue weighted by molar-refractivity contribution is 5.21. The van der Waals surface area contributed by atoms with Crippen molar-refractivity contribution in [3.8, 4) is 0 Å². The first-order valence-electron chi connectivity index (χ1n) is 5.09. The molecular formula is C12H15F2NO. The summed E-state index contributed by atoms with van der Waals surface area (Å²) in [6.07, 6.45) is 1.56. The van der Waals surface area contributed by atoms with Gasteiger partial charge in [-0.3, -0.25) is 0 Å². The van der Waals surface area contributed by atoms with Gasteiger partial charge in [0, 0.05) is 18.2 Å². The van der Waals surface area contributed by atoms with Crippen molar-refractivity contribution >= 4 is 0 Å². The minimum atomic E-state index is -0.967. The lowest BCUT2D eigenvalue weighted by molar-refractivity contribution is 0.170. The van der Waals surface area contributed by atoms with Crippen LogP contribution in [0.5, 0.6) is 0 Å². The van der Waals surface area contributed by atoms with Crippen LogP contribution in [0.4, 0.5) is 8.78 Å². The van der Waals surface area contributed by atoms with Gasteiger partial charge in [-0.25, -0.2) is 8.78 Å². The fourth-order valence-corrected chi connectivity index (χ4v) is 1.32. The third-order valence-electron chi connectivity index (χ3n) is 2.18. The van der Waals surface area contributed by atoms with Crippen LogP contribution in [0.15, 0.2) is 30.9 Å². The van der Waals surface area contributed by atoms with Crippen molar-refractivity contribution in [3.63, 3.8) is 0 Å². The molecular weight excluding hydrogens is 212 g/mol. The van der Waals surface area contributed by atoms with Gasteiger partial charge in [0.1, 0.15) is 11.6 Å². The van der Waals surface area contributed by atoms with Gasteiger partial charge in [-0.1, -0.05) is 12.1 Å². The minimum absolute atomic E-state index is 0.104. The lowest BCUT2D eigenvalue weighted by Gasteiger charge is -2.12. The van der Waals surface area contributed by atoms with Crippen molar-refractivity contribution in [2.75, 3.05) is 13.1 Å². The molecule has 0 aliphatic carbocycles. The molecule has 0 fully saturated rings. The van der Waals surface area contributed by atoms with Gasteiger partial charge in [-0.2, -0.15) is 0 Å². The zero-order chi connectivity index (χ0) is 12.0. The number of hydrogen-bond donors (Lipinski definition) is 2. The summed E-state index contributed by atoms with van der Waals surface area (Å²) in [5.41, 5.74) is 0.104. The number of hydrogen-bond acceptors (Lipinski definition) is 2. The average molecular weight is 227 g/mol. The van der Waals surface area contributed by atoms with Crippen LogP contribution in [0.3, 0.4) is 0 Å². The van der Waals surface area contributed by atoms with Gasteiger partial charge < -0.3 is 10.4 Å². The molecule has 0 bridgehead atoms. The highest BCUT2D eigenvalue weighted by Crippen LogP contribution is 2.17. The SMILES string of the molecule is C=CCCNCC(O)c1ccc(F)cc1F. The summed E-state index contributed by atoms with van der Waals surface area (Å²) in [6.45, 7) is 4.46. The topological polar surface area (TPSA) is 32.3 Å². The minimum Gasteiger partial charge on any atom is -0.387 e. The summed E-state index contributed by atoms with van der Waals surface area (Å²) in [7, 11) is 0. The molecule has 0 saturated heterocycles. The molecule has 1 aromatic rings. The predicted octanol–water partition coefficient (Wildman–Crippen LogP) is 2.16. The zero-order valence-corrected chi connectivity index (χ0v) is 8.92. The second kappa shape index (κ2) is 6.35. The van der Waals surface area contributed by atoms with Crippen LogP contribution in [-0.2, 0) is 0 Å². The zero-order valence-electron chi connectivity index (χ0n) is 8.92. The van der Waals surface area contributed by atoms with Gasteiger partial charge >= 0.3 is 0 Å². The predicted molar refractivity (Wildman–Crippen MR) is 59.0 cm³/mol. The number of benzene rings is 1. The summed E-state index contributed by atoms with van der Waals surface area (Å²) in [6, 6.07) is 3.15. The fourth-order valence-electron chi connectivity index (χ4n) is 1.32. The molecule has 88 valence electrons. The third kappa shape index (κ3) is 3.72. The summed E-state index contributed by atoms with van der Waals surface area (Å²) in [5.74, 6) is -1.37. The van der Waals surface area contributed by atoms with E-state index in [0.717, 1.165) is 18.6 Å². The van der Waals surface area contributed by atoms with Crippen LogP contribution in [0.25, 0.3) is 0 Å². The Bertz CT molecular complexity index is 355.